The van der Waals surface area contributed by atoms with Crippen molar-refractivity contribution in [3.8, 4) is 5.75 Å². The average molecular weight is 313 g/mol. The fourth-order valence-corrected chi connectivity index (χ4v) is 2.57. The third kappa shape index (κ3) is 2.82. The number of carbonyl (C=O) groups excluding carboxylic acids is 2. The van der Waals surface area contributed by atoms with E-state index in [9.17, 15) is 14.0 Å². The second kappa shape index (κ2) is 6.20. The summed E-state index contributed by atoms with van der Waals surface area (Å²) >= 11 is 0. The van der Waals surface area contributed by atoms with Gasteiger partial charge in [-0.05, 0) is 24.6 Å². The number of ether oxygens (including phenoxy) is 1. The highest BCUT2D eigenvalue weighted by atomic mass is 19.1. The molecule has 0 fully saturated rings. The molecule has 5 heteroatoms. The van der Waals surface area contributed by atoms with E-state index in [1.807, 2.05) is 6.92 Å². The fourth-order valence-electron chi connectivity index (χ4n) is 2.57. The van der Waals surface area contributed by atoms with Crippen molar-refractivity contribution in [2.24, 2.45) is 0 Å². The first-order chi connectivity index (χ1) is 11.1. The van der Waals surface area contributed by atoms with Crippen LogP contribution in [0.5, 0.6) is 5.75 Å². The average Bonchev–Trinajstić information content (AvgIpc) is 2.67. The molecule has 2 amide bonds. The molecule has 0 saturated heterocycles. The summed E-state index contributed by atoms with van der Waals surface area (Å²) in [6.07, 6.45) is -0.330. The molecule has 1 aliphatic heterocycles. The molecule has 0 N–H and O–H groups in total. The molecule has 0 radical (unpaired) electrons. The molecule has 2 aromatic rings. The number of rotatable bonds is 3. The Hall–Kier alpha value is -2.69. The van der Waals surface area contributed by atoms with E-state index in [2.05, 4.69) is 0 Å². The monoisotopic (exact) mass is 313 g/mol. The molecule has 1 unspecified atom stereocenters. The molecule has 118 valence electrons. The molecule has 23 heavy (non-hydrogen) atoms. The van der Waals surface area contributed by atoms with Crippen LogP contribution in [0.2, 0.25) is 0 Å². The van der Waals surface area contributed by atoms with E-state index in [1.54, 1.807) is 42.5 Å². The Morgan fingerprint density at radius 1 is 1.09 bits per heavy atom. The van der Waals surface area contributed by atoms with Crippen LogP contribution in [-0.2, 0) is 11.3 Å². The first kappa shape index (κ1) is 15.2. The van der Waals surface area contributed by atoms with Crippen LogP contribution in [0.4, 0.5) is 4.39 Å². The molecule has 1 heterocycles. The van der Waals surface area contributed by atoms with Gasteiger partial charge < -0.3 is 4.74 Å². The minimum absolute atomic E-state index is 0.113. The SMILES string of the molecule is CCC1Oc2ccccc2C(=O)N(Cc2ccccc2F)C1=O. The van der Waals surface area contributed by atoms with Gasteiger partial charge in [0.1, 0.15) is 11.6 Å². The van der Waals surface area contributed by atoms with E-state index in [4.69, 9.17) is 4.74 Å². The molecule has 0 aromatic heterocycles. The lowest BCUT2D eigenvalue weighted by molar-refractivity contribution is -0.136. The molecule has 4 nitrogen and oxygen atoms in total. The Kier molecular flexibility index (Phi) is 4.10. The summed E-state index contributed by atoms with van der Waals surface area (Å²) in [7, 11) is 0. The highest BCUT2D eigenvalue weighted by Gasteiger charge is 2.35. The highest BCUT2D eigenvalue weighted by Crippen LogP contribution is 2.27. The van der Waals surface area contributed by atoms with Gasteiger partial charge in [0.2, 0.25) is 0 Å². The van der Waals surface area contributed by atoms with Crippen LogP contribution in [0.3, 0.4) is 0 Å². The molecular weight excluding hydrogens is 297 g/mol. The van der Waals surface area contributed by atoms with Gasteiger partial charge in [-0.3, -0.25) is 14.5 Å². The van der Waals surface area contributed by atoms with Gasteiger partial charge in [0.05, 0.1) is 12.1 Å². The number of fused-ring (bicyclic) bond motifs is 1. The zero-order valence-corrected chi connectivity index (χ0v) is 12.7. The summed E-state index contributed by atoms with van der Waals surface area (Å²) in [5.41, 5.74) is 0.608. The van der Waals surface area contributed by atoms with Crippen LogP contribution >= 0.6 is 0 Å². The number of nitrogens with zero attached hydrogens (tertiary/aromatic N) is 1. The largest absolute Gasteiger partial charge is 0.480 e. The maximum atomic E-state index is 13.9. The van der Waals surface area contributed by atoms with Gasteiger partial charge in [0.25, 0.3) is 11.8 Å². The fraction of sp³-hybridized carbons (Fsp3) is 0.222. The predicted molar refractivity (Wildman–Crippen MR) is 82.4 cm³/mol. The second-order valence-corrected chi connectivity index (χ2v) is 5.33. The second-order valence-electron chi connectivity index (χ2n) is 5.33. The summed E-state index contributed by atoms with van der Waals surface area (Å²) in [6, 6.07) is 12.8. The van der Waals surface area contributed by atoms with Crippen molar-refractivity contribution in [3.63, 3.8) is 0 Å². The van der Waals surface area contributed by atoms with Crippen LogP contribution in [0.1, 0.15) is 29.3 Å². The molecule has 1 aliphatic rings. The van der Waals surface area contributed by atoms with Gasteiger partial charge in [-0.25, -0.2) is 4.39 Å². The first-order valence-corrected chi connectivity index (χ1v) is 7.46. The summed E-state index contributed by atoms with van der Waals surface area (Å²) in [5, 5.41) is 0. The number of carbonyl (C=O) groups is 2. The molecule has 1 atom stereocenters. The Morgan fingerprint density at radius 2 is 1.78 bits per heavy atom. The van der Waals surface area contributed by atoms with E-state index in [0.29, 0.717) is 23.3 Å². The number of hydrogen-bond acceptors (Lipinski definition) is 3. The zero-order valence-electron chi connectivity index (χ0n) is 12.7. The van der Waals surface area contributed by atoms with Crippen LogP contribution < -0.4 is 4.74 Å². The maximum absolute atomic E-state index is 13.9. The van der Waals surface area contributed by atoms with Gasteiger partial charge in [-0.2, -0.15) is 0 Å². The standard InChI is InChI=1S/C18H16FNO3/c1-2-15-18(22)20(11-12-7-3-5-9-14(12)19)17(21)13-8-4-6-10-16(13)23-15/h3-10,15H,2,11H2,1H3. The summed E-state index contributed by atoms with van der Waals surface area (Å²) in [6.45, 7) is 1.70. The summed E-state index contributed by atoms with van der Waals surface area (Å²) in [5.74, 6) is -0.977. The lowest BCUT2D eigenvalue weighted by Crippen LogP contribution is -2.42. The van der Waals surface area contributed by atoms with Gasteiger partial charge in [0.15, 0.2) is 6.10 Å². The third-order valence-corrected chi connectivity index (χ3v) is 3.83. The van der Waals surface area contributed by atoms with Crippen molar-refractivity contribution in [1.29, 1.82) is 0 Å². The Labute approximate surface area is 133 Å². The summed E-state index contributed by atoms with van der Waals surface area (Å²) in [4.78, 5) is 26.4. The third-order valence-electron chi connectivity index (χ3n) is 3.83. The van der Waals surface area contributed by atoms with Crippen LogP contribution in [-0.4, -0.2) is 22.8 Å². The van der Waals surface area contributed by atoms with Crippen LogP contribution in [0.25, 0.3) is 0 Å². The lowest BCUT2D eigenvalue weighted by atomic mass is 10.1. The molecule has 2 aromatic carbocycles. The minimum Gasteiger partial charge on any atom is -0.480 e. The molecule has 0 bridgehead atoms. The van der Waals surface area contributed by atoms with Gasteiger partial charge in [-0.15, -0.1) is 0 Å². The van der Waals surface area contributed by atoms with E-state index in [0.717, 1.165) is 4.90 Å². The number of amides is 2. The number of halogens is 1. The van der Waals surface area contributed by atoms with E-state index in [1.165, 1.54) is 6.07 Å². The summed E-state index contributed by atoms with van der Waals surface area (Å²) < 4.78 is 19.6. The van der Waals surface area contributed by atoms with Crippen molar-refractivity contribution in [2.45, 2.75) is 26.0 Å². The molecular formula is C18H16FNO3. The quantitative estimate of drug-likeness (QED) is 0.818. The number of imide groups is 1. The number of hydrogen-bond donors (Lipinski definition) is 0. The molecule has 3 rings (SSSR count). The van der Waals surface area contributed by atoms with E-state index >= 15 is 0 Å². The smallest absolute Gasteiger partial charge is 0.270 e. The first-order valence-electron chi connectivity index (χ1n) is 7.46. The van der Waals surface area contributed by atoms with Crippen molar-refractivity contribution < 1.29 is 18.7 Å². The van der Waals surface area contributed by atoms with Crippen molar-refractivity contribution in [3.05, 3.63) is 65.5 Å². The van der Waals surface area contributed by atoms with E-state index in [-0.39, 0.29) is 6.54 Å². The van der Waals surface area contributed by atoms with Gasteiger partial charge >= 0.3 is 0 Å². The van der Waals surface area contributed by atoms with Crippen molar-refractivity contribution in [2.75, 3.05) is 0 Å². The lowest BCUT2D eigenvalue weighted by Gasteiger charge is -2.21. The number of benzene rings is 2. The Morgan fingerprint density at radius 3 is 2.52 bits per heavy atom. The van der Waals surface area contributed by atoms with Crippen molar-refractivity contribution in [1.82, 2.24) is 4.90 Å². The molecule has 0 aliphatic carbocycles. The van der Waals surface area contributed by atoms with Crippen molar-refractivity contribution >= 4 is 11.8 Å². The normalized spacial score (nSPS) is 17.5. The van der Waals surface area contributed by atoms with Crippen LogP contribution in [0.15, 0.2) is 48.5 Å². The highest BCUT2D eigenvalue weighted by molar-refractivity contribution is 6.08. The molecule has 0 spiro atoms. The topological polar surface area (TPSA) is 46.6 Å². The molecule has 0 saturated carbocycles. The maximum Gasteiger partial charge on any atom is 0.270 e. The predicted octanol–water partition coefficient (Wildman–Crippen LogP) is 3.17. The van der Waals surface area contributed by atoms with Crippen LogP contribution in [0, 0.1) is 5.82 Å². The van der Waals surface area contributed by atoms with E-state index < -0.39 is 23.7 Å². The van der Waals surface area contributed by atoms with Gasteiger partial charge in [0, 0.05) is 5.56 Å². The number of para-hydroxylation sites is 1. The minimum atomic E-state index is -0.755. The Bertz CT molecular complexity index is 759. The zero-order chi connectivity index (χ0) is 16.4. The van der Waals surface area contributed by atoms with Gasteiger partial charge in [-0.1, -0.05) is 37.3 Å². The Balaban J connectivity index is 2.02.